The Morgan fingerprint density at radius 1 is 1.00 bits per heavy atom. The summed E-state index contributed by atoms with van der Waals surface area (Å²) in [6.07, 6.45) is 2.16. The molecule has 0 fully saturated rings. The van der Waals surface area contributed by atoms with E-state index in [1.807, 2.05) is 6.07 Å². The molecule has 0 amide bonds. The van der Waals surface area contributed by atoms with Crippen LogP contribution in [0, 0.1) is 5.95 Å². The fourth-order valence-electron chi connectivity index (χ4n) is 2.47. The topological polar surface area (TPSA) is 16.1 Å². The van der Waals surface area contributed by atoms with E-state index < -0.39 is 5.95 Å². The second-order valence-corrected chi connectivity index (χ2v) is 4.61. The fourth-order valence-corrected chi connectivity index (χ4v) is 2.47. The monoisotopic (exact) mass is 242 g/mol. The van der Waals surface area contributed by atoms with Crippen LogP contribution in [0.4, 0.5) is 10.2 Å². The second-order valence-electron chi connectivity index (χ2n) is 4.61. The zero-order valence-electron chi connectivity index (χ0n) is 10.1. The Morgan fingerprint density at radius 2 is 1.83 bits per heavy atom. The van der Waals surface area contributed by atoms with Crippen molar-refractivity contribution in [3.63, 3.8) is 0 Å². The minimum absolute atomic E-state index is 0.412. The van der Waals surface area contributed by atoms with Gasteiger partial charge in [0.15, 0.2) is 0 Å². The van der Waals surface area contributed by atoms with Gasteiger partial charge in [-0.15, -0.1) is 0 Å². The molecule has 1 aromatic carbocycles. The van der Waals surface area contributed by atoms with E-state index in [-0.39, 0.29) is 0 Å². The first kappa shape index (κ1) is 11.2. The number of pyridine rings is 1. The molecule has 0 unspecified atom stereocenters. The van der Waals surface area contributed by atoms with Crippen LogP contribution in [0.25, 0.3) is 0 Å². The van der Waals surface area contributed by atoms with Gasteiger partial charge in [-0.05, 0) is 36.1 Å². The van der Waals surface area contributed by atoms with Crippen LogP contribution in [0.2, 0.25) is 0 Å². The van der Waals surface area contributed by atoms with Crippen molar-refractivity contribution >= 4 is 5.82 Å². The largest absolute Gasteiger partial charge is 0.352 e. The van der Waals surface area contributed by atoms with Gasteiger partial charge in [0.2, 0.25) is 5.95 Å². The van der Waals surface area contributed by atoms with Gasteiger partial charge < -0.3 is 4.90 Å². The summed E-state index contributed by atoms with van der Waals surface area (Å²) in [5.74, 6) is 0.316. The Bertz CT molecular complexity index is 554. The molecule has 3 heteroatoms. The number of fused-ring (bicyclic) bond motifs is 1. The highest BCUT2D eigenvalue weighted by Crippen LogP contribution is 2.22. The number of nitrogens with zero attached hydrogens (tertiary/aromatic N) is 2. The van der Waals surface area contributed by atoms with Crippen molar-refractivity contribution < 1.29 is 4.39 Å². The lowest BCUT2D eigenvalue weighted by Crippen LogP contribution is -2.23. The van der Waals surface area contributed by atoms with Gasteiger partial charge in [0.25, 0.3) is 0 Å². The third kappa shape index (κ3) is 2.21. The first-order valence-corrected chi connectivity index (χ1v) is 6.27. The average Bonchev–Trinajstić information content (AvgIpc) is 2.60. The molecular formula is C15H15FN2. The predicted octanol–water partition coefficient (Wildman–Crippen LogP) is 3.17. The SMILES string of the molecule is Fc1cccc(N2CCCc3ccccc3C2)n1. The molecule has 0 bridgehead atoms. The Labute approximate surface area is 106 Å². The molecule has 0 atom stereocenters. The zero-order chi connectivity index (χ0) is 12.4. The van der Waals surface area contributed by atoms with Crippen LogP contribution in [-0.4, -0.2) is 11.5 Å². The smallest absolute Gasteiger partial charge is 0.214 e. The van der Waals surface area contributed by atoms with Crippen molar-refractivity contribution in [3.05, 3.63) is 59.5 Å². The van der Waals surface area contributed by atoms with Gasteiger partial charge in [-0.2, -0.15) is 4.39 Å². The molecule has 0 N–H and O–H groups in total. The maximum atomic E-state index is 13.2. The molecule has 2 nitrogen and oxygen atoms in total. The van der Waals surface area contributed by atoms with Gasteiger partial charge in [0.1, 0.15) is 5.82 Å². The molecule has 2 heterocycles. The second kappa shape index (κ2) is 4.77. The zero-order valence-corrected chi connectivity index (χ0v) is 10.1. The van der Waals surface area contributed by atoms with Crippen molar-refractivity contribution in [2.24, 2.45) is 0 Å². The first-order valence-electron chi connectivity index (χ1n) is 6.27. The molecule has 0 saturated heterocycles. The lowest BCUT2D eigenvalue weighted by molar-refractivity contribution is 0.580. The maximum absolute atomic E-state index is 13.2. The minimum atomic E-state index is -0.412. The number of benzene rings is 1. The molecule has 18 heavy (non-hydrogen) atoms. The lowest BCUT2D eigenvalue weighted by Gasteiger charge is -2.21. The van der Waals surface area contributed by atoms with Crippen molar-refractivity contribution in [1.82, 2.24) is 4.98 Å². The van der Waals surface area contributed by atoms with Gasteiger partial charge in [-0.25, -0.2) is 4.98 Å². The van der Waals surface area contributed by atoms with Crippen molar-refractivity contribution in [3.8, 4) is 0 Å². The van der Waals surface area contributed by atoms with E-state index in [0.29, 0.717) is 0 Å². The fraction of sp³-hybridized carbons (Fsp3) is 0.267. The number of hydrogen-bond donors (Lipinski definition) is 0. The van der Waals surface area contributed by atoms with E-state index in [4.69, 9.17) is 0 Å². The molecule has 0 radical (unpaired) electrons. The number of rotatable bonds is 1. The summed E-state index contributed by atoms with van der Waals surface area (Å²) in [4.78, 5) is 6.12. The summed E-state index contributed by atoms with van der Waals surface area (Å²) >= 11 is 0. The number of aryl methyl sites for hydroxylation is 1. The summed E-state index contributed by atoms with van der Waals surface area (Å²) in [5.41, 5.74) is 2.72. The molecule has 0 spiro atoms. The van der Waals surface area contributed by atoms with E-state index in [9.17, 15) is 4.39 Å². The molecule has 0 aliphatic carbocycles. The van der Waals surface area contributed by atoms with E-state index in [1.54, 1.807) is 6.07 Å². The predicted molar refractivity (Wildman–Crippen MR) is 70.0 cm³/mol. The molecule has 92 valence electrons. The summed E-state index contributed by atoms with van der Waals surface area (Å²) < 4.78 is 13.2. The van der Waals surface area contributed by atoms with Crippen LogP contribution < -0.4 is 4.90 Å². The van der Waals surface area contributed by atoms with Crippen LogP contribution in [0.3, 0.4) is 0 Å². The standard InChI is InChI=1S/C15H15FN2/c16-14-8-3-9-15(17-14)18-10-4-7-12-5-1-2-6-13(12)11-18/h1-3,5-6,8-9H,4,7,10-11H2. The van der Waals surface area contributed by atoms with Gasteiger partial charge in [0, 0.05) is 13.1 Å². The third-order valence-electron chi connectivity index (χ3n) is 3.38. The minimum Gasteiger partial charge on any atom is -0.352 e. The Balaban J connectivity index is 1.91. The van der Waals surface area contributed by atoms with E-state index in [1.165, 1.54) is 17.2 Å². The van der Waals surface area contributed by atoms with Gasteiger partial charge >= 0.3 is 0 Å². The highest BCUT2D eigenvalue weighted by atomic mass is 19.1. The summed E-state index contributed by atoms with van der Waals surface area (Å²) in [7, 11) is 0. The highest BCUT2D eigenvalue weighted by Gasteiger charge is 2.15. The van der Waals surface area contributed by atoms with Crippen molar-refractivity contribution in [2.75, 3.05) is 11.4 Å². The summed E-state index contributed by atoms with van der Waals surface area (Å²) in [6, 6.07) is 13.4. The normalized spacial score (nSPS) is 15.1. The Kier molecular flexibility index (Phi) is 2.97. The van der Waals surface area contributed by atoms with Crippen LogP contribution >= 0.6 is 0 Å². The Hall–Kier alpha value is -1.90. The molecule has 3 rings (SSSR count). The van der Waals surface area contributed by atoms with Gasteiger partial charge in [-0.3, -0.25) is 0 Å². The third-order valence-corrected chi connectivity index (χ3v) is 3.38. The highest BCUT2D eigenvalue weighted by molar-refractivity contribution is 5.42. The van der Waals surface area contributed by atoms with Gasteiger partial charge in [0.05, 0.1) is 0 Å². The number of halogens is 1. The van der Waals surface area contributed by atoms with E-state index in [2.05, 4.69) is 34.1 Å². The number of anilines is 1. The first-order chi connectivity index (χ1) is 8.83. The molecular weight excluding hydrogens is 227 g/mol. The summed E-state index contributed by atoms with van der Waals surface area (Å²) in [6.45, 7) is 1.73. The quantitative estimate of drug-likeness (QED) is 0.714. The van der Waals surface area contributed by atoms with E-state index in [0.717, 1.165) is 31.7 Å². The Morgan fingerprint density at radius 3 is 2.67 bits per heavy atom. The maximum Gasteiger partial charge on any atom is 0.214 e. The van der Waals surface area contributed by atoms with Gasteiger partial charge in [-0.1, -0.05) is 30.3 Å². The van der Waals surface area contributed by atoms with Crippen LogP contribution in [-0.2, 0) is 13.0 Å². The van der Waals surface area contributed by atoms with Crippen molar-refractivity contribution in [1.29, 1.82) is 0 Å². The average molecular weight is 242 g/mol. The van der Waals surface area contributed by atoms with E-state index >= 15 is 0 Å². The van der Waals surface area contributed by atoms with Crippen molar-refractivity contribution in [2.45, 2.75) is 19.4 Å². The number of aromatic nitrogens is 1. The summed E-state index contributed by atoms with van der Waals surface area (Å²) in [5, 5.41) is 0. The molecule has 1 aromatic heterocycles. The number of hydrogen-bond acceptors (Lipinski definition) is 2. The molecule has 1 aliphatic heterocycles. The molecule has 2 aromatic rings. The molecule has 1 aliphatic rings. The van der Waals surface area contributed by atoms with Crippen LogP contribution in [0.15, 0.2) is 42.5 Å². The van der Waals surface area contributed by atoms with Crippen LogP contribution in [0.5, 0.6) is 0 Å². The van der Waals surface area contributed by atoms with Crippen LogP contribution in [0.1, 0.15) is 17.5 Å². The molecule has 0 saturated carbocycles. The lowest BCUT2D eigenvalue weighted by atomic mass is 10.0.